The van der Waals surface area contributed by atoms with E-state index in [-0.39, 0.29) is 6.10 Å². The van der Waals surface area contributed by atoms with Gasteiger partial charge in [0.2, 0.25) is 0 Å². The third-order valence-corrected chi connectivity index (χ3v) is 5.22. The van der Waals surface area contributed by atoms with Crippen LogP contribution in [-0.2, 0) is 4.74 Å². The van der Waals surface area contributed by atoms with Crippen LogP contribution in [0.15, 0.2) is 0 Å². The molecule has 1 aliphatic heterocycles. The number of unbranched alkanes of at least 4 members (excludes halogenated alkanes) is 1. The van der Waals surface area contributed by atoms with Crippen molar-refractivity contribution in [3.8, 4) is 0 Å². The second kappa shape index (κ2) is 11.3. The third kappa shape index (κ3) is 7.92. The van der Waals surface area contributed by atoms with Gasteiger partial charge in [-0.25, -0.2) is 0 Å². The van der Waals surface area contributed by atoms with Crippen LogP contribution >= 0.6 is 12.2 Å². The largest absolute Gasteiger partial charge is 0.376 e. The second-order valence-electron chi connectivity index (χ2n) is 7.13. The molecule has 0 radical (unpaired) electrons. The van der Waals surface area contributed by atoms with Gasteiger partial charge in [-0.1, -0.05) is 20.3 Å². The van der Waals surface area contributed by atoms with Crippen molar-refractivity contribution in [2.75, 3.05) is 32.8 Å². The van der Waals surface area contributed by atoms with Gasteiger partial charge in [-0.05, 0) is 58.5 Å². The zero-order chi connectivity index (χ0) is 17.2. The molecule has 3 N–H and O–H groups in total. The van der Waals surface area contributed by atoms with Gasteiger partial charge in [0.15, 0.2) is 0 Å². The molecule has 0 saturated carbocycles. The van der Waals surface area contributed by atoms with Gasteiger partial charge < -0.3 is 20.3 Å². The molecule has 1 atom stereocenters. The summed E-state index contributed by atoms with van der Waals surface area (Å²) in [6, 6.07) is 0.672. The minimum Gasteiger partial charge on any atom is -0.376 e. The van der Waals surface area contributed by atoms with Gasteiger partial charge in [-0.2, -0.15) is 0 Å². The lowest BCUT2D eigenvalue weighted by Gasteiger charge is -2.35. The summed E-state index contributed by atoms with van der Waals surface area (Å²) < 4.78 is 6.24. The van der Waals surface area contributed by atoms with E-state index in [4.69, 9.17) is 17.0 Å². The van der Waals surface area contributed by atoms with Gasteiger partial charge in [-0.15, -0.1) is 0 Å². The van der Waals surface area contributed by atoms with Crippen molar-refractivity contribution in [3.63, 3.8) is 0 Å². The number of piperidine rings is 1. The van der Waals surface area contributed by atoms with Crippen molar-refractivity contribution in [2.24, 2.45) is 5.92 Å². The molecule has 136 valence electrons. The van der Waals surface area contributed by atoms with Crippen molar-refractivity contribution in [1.29, 1.82) is 0 Å². The maximum atomic E-state index is 6.24. The standard InChI is InChI=1S/C18H37N3OS/c1-5-7-10-21(18(19)23)13-17(6-2)22-14-16-8-11-20(12-9-16)15(3)4/h15-17H,5-14H2,1-4H3,(H2,19,23)/p+1. The molecule has 0 amide bonds. The van der Waals surface area contributed by atoms with E-state index in [0.717, 1.165) is 37.1 Å². The van der Waals surface area contributed by atoms with E-state index in [0.29, 0.717) is 6.04 Å². The van der Waals surface area contributed by atoms with Gasteiger partial charge >= 0.3 is 0 Å². The first kappa shape index (κ1) is 20.8. The maximum absolute atomic E-state index is 6.24. The Balaban J connectivity index is 2.34. The highest BCUT2D eigenvalue weighted by molar-refractivity contribution is 7.79. The Morgan fingerprint density at radius 1 is 1.30 bits per heavy atom. The van der Waals surface area contributed by atoms with E-state index in [9.17, 15) is 0 Å². The van der Waals surface area contributed by atoms with Gasteiger partial charge in [0.25, 0.3) is 5.11 Å². The lowest BCUT2D eigenvalue weighted by atomic mass is 9.97. The van der Waals surface area contributed by atoms with Crippen LogP contribution in [0.3, 0.4) is 0 Å². The number of ether oxygens (including phenoxy) is 1. The highest BCUT2D eigenvalue weighted by Crippen LogP contribution is 2.20. The molecular weight excluding hydrogens is 306 g/mol. The van der Waals surface area contributed by atoms with E-state index in [1.807, 2.05) is 0 Å². The van der Waals surface area contributed by atoms with Crippen LogP contribution in [0.4, 0.5) is 0 Å². The van der Waals surface area contributed by atoms with E-state index in [1.165, 1.54) is 38.8 Å². The molecule has 1 saturated heterocycles. The molecule has 0 aliphatic carbocycles. The van der Waals surface area contributed by atoms with Crippen LogP contribution in [0.25, 0.3) is 0 Å². The van der Waals surface area contributed by atoms with Gasteiger partial charge in [-0.3, -0.25) is 0 Å². The van der Waals surface area contributed by atoms with Crippen molar-refractivity contribution in [2.45, 2.75) is 71.9 Å². The summed E-state index contributed by atoms with van der Waals surface area (Å²) in [6.07, 6.45) is 6.19. The molecule has 23 heavy (non-hydrogen) atoms. The smallest absolute Gasteiger partial charge is 0.267 e. The Labute approximate surface area is 148 Å². The van der Waals surface area contributed by atoms with Crippen molar-refractivity contribution < 1.29 is 10.5 Å². The third-order valence-electron chi connectivity index (χ3n) is 4.96. The zero-order valence-corrected chi connectivity index (χ0v) is 16.5. The Morgan fingerprint density at radius 2 is 1.96 bits per heavy atom. The molecular formula is C18H38N3OS+. The van der Waals surface area contributed by atoms with E-state index >= 15 is 0 Å². The molecule has 1 heterocycles. The molecule has 0 spiro atoms. The summed E-state index contributed by atoms with van der Waals surface area (Å²) in [4.78, 5) is 4.79. The highest BCUT2D eigenvalue weighted by Gasteiger charge is 2.23. The van der Waals surface area contributed by atoms with Crippen molar-refractivity contribution in [1.82, 2.24) is 9.80 Å². The SMILES string of the molecule is CCCCN(CC(CC)OCC1CCN(C(C)C)CC1)C([NH3+])=S. The Hall–Kier alpha value is -0.230. The minimum absolute atomic E-state index is 0.273. The summed E-state index contributed by atoms with van der Waals surface area (Å²) in [5.74, 6) is 0.717. The average Bonchev–Trinajstić information content (AvgIpc) is 2.54. The van der Waals surface area contributed by atoms with E-state index < -0.39 is 0 Å². The highest BCUT2D eigenvalue weighted by atomic mass is 32.1. The van der Waals surface area contributed by atoms with Crippen LogP contribution < -0.4 is 5.73 Å². The fraction of sp³-hybridized carbons (Fsp3) is 0.944. The first-order valence-corrected chi connectivity index (χ1v) is 9.85. The van der Waals surface area contributed by atoms with Gasteiger partial charge in [0.05, 0.1) is 6.10 Å². The number of rotatable bonds is 10. The molecule has 1 aliphatic rings. The number of quaternary nitrogens is 1. The Morgan fingerprint density at radius 3 is 2.43 bits per heavy atom. The topological polar surface area (TPSA) is 43.4 Å². The van der Waals surface area contributed by atoms with Crippen molar-refractivity contribution in [3.05, 3.63) is 0 Å². The fourth-order valence-electron chi connectivity index (χ4n) is 3.12. The van der Waals surface area contributed by atoms with Crippen LogP contribution in [0, 0.1) is 5.92 Å². The molecule has 1 fully saturated rings. The number of nitrogens with zero attached hydrogens (tertiary/aromatic N) is 2. The summed E-state index contributed by atoms with van der Waals surface area (Å²) >= 11 is 5.30. The van der Waals surface area contributed by atoms with Gasteiger partial charge in [0.1, 0.15) is 0 Å². The van der Waals surface area contributed by atoms with Crippen LogP contribution in [0.2, 0.25) is 0 Å². The number of hydrogen-bond donors (Lipinski definition) is 1. The molecule has 0 bridgehead atoms. The average molecular weight is 345 g/mol. The van der Waals surface area contributed by atoms with Crippen LogP contribution in [0.5, 0.6) is 0 Å². The summed E-state index contributed by atoms with van der Waals surface area (Å²) in [5, 5.41) is 0.755. The molecule has 1 rings (SSSR count). The normalized spacial score (nSPS) is 18.3. The quantitative estimate of drug-likeness (QED) is 0.619. The first-order valence-electron chi connectivity index (χ1n) is 9.44. The predicted octanol–water partition coefficient (Wildman–Crippen LogP) is 2.53. The predicted molar refractivity (Wildman–Crippen MR) is 101 cm³/mol. The molecule has 5 heteroatoms. The van der Waals surface area contributed by atoms with Crippen molar-refractivity contribution >= 4 is 17.3 Å². The van der Waals surface area contributed by atoms with E-state index in [2.05, 4.69) is 43.2 Å². The summed E-state index contributed by atoms with van der Waals surface area (Å²) in [5.41, 5.74) is 3.95. The lowest BCUT2D eigenvalue weighted by molar-refractivity contribution is -0.229. The monoisotopic (exact) mass is 344 g/mol. The minimum atomic E-state index is 0.273. The summed E-state index contributed by atoms with van der Waals surface area (Å²) in [7, 11) is 0. The van der Waals surface area contributed by atoms with Crippen LogP contribution in [0.1, 0.15) is 59.8 Å². The molecule has 1 unspecified atom stereocenters. The fourth-order valence-corrected chi connectivity index (χ4v) is 3.29. The number of likely N-dealkylation sites (tertiary alicyclic amines) is 1. The molecule has 0 aromatic carbocycles. The molecule has 4 nitrogen and oxygen atoms in total. The lowest BCUT2D eigenvalue weighted by Crippen LogP contribution is -2.65. The Bertz CT molecular complexity index is 330. The number of hydrogen-bond acceptors (Lipinski definition) is 3. The Kier molecular flexibility index (Phi) is 10.3. The number of thiocarbonyl (C=S) groups is 1. The first-order chi connectivity index (χ1) is 11.0. The zero-order valence-electron chi connectivity index (χ0n) is 15.7. The second-order valence-corrected chi connectivity index (χ2v) is 7.60. The summed E-state index contributed by atoms with van der Waals surface area (Å²) in [6.45, 7) is 14.2. The van der Waals surface area contributed by atoms with Gasteiger partial charge in [0, 0.05) is 38.0 Å². The molecule has 0 aromatic rings. The molecule has 0 aromatic heterocycles. The van der Waals surface area contributed by atoms with Crippen LogP contribution in [-0.4, -0.2) is 59.8 Å². The van der Waals surface area contributed by atoms with E-state index in [1.54, 1.807) is 0 Å². The maximum Gasteiger partial charge on any atom is 0.267 e.